The molecule has 1 amide bonds. The van der Waals surface area contributed by atoms with Crippen LogP contribution in [0.5, 0.6) is 0 Å². The van der Waals surface area contributed by atoms with Crippen LogP contribution >= 0.6 is 0 Å². The van der Waals surface area contributed by atoms with E-state index in [4.69, 9.17) is 4.74 Å². The molecule has 2 aliphatic rings. The standard InChI is InChI=1S/C19H23N5O3/c1-13-2-3-14(11-20-13)18(26)24-5-4-15(12-24)16-10-17(25)22-19(21-16)23-6-8-27-9-7-23/h2-3,10-11,15H,4-9,12H2,1H3,(H,21,22,25). The second kappa shape index (κ2) is 7.48. The number of amides is 1. The molecule has 142 valence electrons. The minimum absolute atomic E-state index is 0.0248. The number of carbonyl (C=O) groups excluding carboxylic acids is 1. The average Bonchev–Trinajstić information content (AvgIpc) is 3.18. The van der Waals surface area contributed by atoms with Crippen molar-refractivity contribution in [3.05, 3.63) is 51.7 Å². The lowest BCUT2D eigenvalue weighted by Crippen LogP contribution is -2.38. The summed E-state index contributed by atoms with van der Waals surface area (Å²) in [7, 11) is 0. The second-order valence-corrected chi connectivity index (χ2v) is 7.02. The maximum absolute atomic E-state index is 12.7. The number of H-pyrrole nitrogens is 1. The molecule has 0 aromatic carbocycles. The molecule has 0 aliphatic carbocycles. The molecule has 1 atom stereocenters. The number of hydrogen-bond acceptors (Lipinski definition) is 6. The summed E-state index contributed by atoms with van der Waals surface area (Å²) in [6.45, 7) is 5.79. The van der Waals surface area contributed by atoms with Gasteiger partial charge in [0.1, 0.15) is 0 Å². The van der Waals surface area contributed by atoms with E-state index in [-0.39, 0.29) is 17.4 Å². The third kappa shape index (κ3) is 3.85. The van der Waals surface area contributed by atoms with Gasteiger partial charge in [-0.05, 0) is 25.5 Å². The molecule has 2 saturated heterocycles. The summed E-state index contributed by atoms with van der Waals surface area (Å²) >= 11 is 0. The quantitative estimate of drug-likeness (QED) is 0.866. The Morgan fingerprint density at radius 1 is 1.26 bits per heavy atom. The van der Waals surface area contributed by atoms with Crippen molar-refractivity contribution in [1.29, 1.82) is 0 Å². The van der Waals surface area contributed by atoms with Crippen molar-refractivity contribution in [2.45, 2.75) is 19.3 Å². The normalized spacial score (nSPS) is 20.1. The lowest BCUT2D eigenvalue weighted by molar-refractivity contribution is 0.0790. The summed E-state index contributed by atoms with van der Waals surface area (Å²) in [5.74, 6) is 0.631. The Labute approximate surface area is 157 Å². The summed E-state index contributed by atoms with van der Waals surface area (Å²) in [5, 5.41) is 0. The Kier molecular flexibility index (Phi) is 4.89. The molecule has 1 unspecified atom stereocenters. The number of nitrogens with one attached hydrogen (secondary N) is 1. The average molecular weight is 369 g/mol. The number of aromatic nitrogens is 3. The van der Waals surface area contributed by atoms with Crippen LogP contribution in [0.4, 0.5) is 5.95 Å². The van der Waals surface area contributed by atoms with E-state index >= 15 is 0 Å². The number of nitrogens with zero attached hydrogens (tertiary/aromatic N) is 4. The van der Waals surface area contributed by atoms with Crippen molar-refractivity contribution in [3.63, 3.8) is 0 Å². The maximum Gasteiger partial charge on any atom is 0.255 e. The van der Waals surface area contributed by atoms with Gasteiger partial charge in [0.15, 0.2) is 0 Å². The SMILES string of the molecule is Cc1ccc(C(=O)N2CCC(c3cc(=O)[nH]c(N4CCOCC4)n3)C2)cn1. The Morgan fingerprint density at radius 3 is 2.81 bits per heavy atom. The molecule has 2 aromatic rings. The van der Waals surface area contributed by atoms with Crippen molar-refractivity contribution in [3.8, 4) is 0 Å². The van der Waals surface area contributed by atoms with Crippen LogP contribution in [0.15, 0.2) is 29.2 Å². The van der Waals surface area contributed by atoms with Gasteiger partial charge < -0.3 is 14.5 Å². The zero-order valence-corrected chi connectivity index (χ0v) is 15.4. The zero-order chi connectivity index (χ0) is 18.8. The molecule has 2 fully saturated rings. The Bertz CT molecular complexity index is 874. The van der Waals surface area contributed by atoms with Gasteiger partial charge in [0.05, 0.1) is 24.5 Å². The highest BCUT2D eigenvalue weighted by molar-refractivity contribution is 5.94. The Hall–Kier alpha value is -2.74. The molecule has 8 nitrogen and oxygen atoms in total. The van der Waals surface area contributed by atoms with Gasteiger partial charge >= 0.3 is 0 Å². The fraction of sp³-hybridized carbons (Fsp3) is 0.474. The van der Waals surface area contributed by atoms with E-state index < -0.39 is 0 Å². The fourth-order valence-electron chi connectivity index (χ4n) is 3.56. The molecule has 2 aromatic heterocycles. The number of carbonyl (C=O) groups is 1. The fourth-order valence-corrected chi connectivity index (χ4v) is 3.56. The van der Waals surface area contributed by atoms with Gasteiger partial charge in [-0.3, -0.25) is 19.6 Å². The van der Waals surface area contributed by atoms with E-state index in [2.05, 4.69) is 15.0 Å². The third-order valence-electron chi connectivity index (χ3n) is 5.11. The first-order valence-corrected chi connectivity index (χ1v) is 9.26. The highest BCUT2D eigenvalue weighted by atomic mass is 16.5. The second-order valence-electron chi connectivity index (χ2n) is 7.02. The smallest absolute Gasteiger partial charge is 0.255 e. The van der Waals surface area contributed by atoms with Crippen LogP contribution in [-0.4, -0.2) is 65.2 Å². The summed E-state index contributed by atoms with van der Waals surface area (Å²) < 4.78 is 5.36. The van der Waals surface area contributed by atoms with Crippen molar-refractivity contribution in [2.24, 2.45) is 0 Å². The largest absolute Gasteiger partial charge is 0.378 e. The highest BCUT2D eigenvalue weighted by Crippen LogP contribution is 2.27. The number of ether oxygens (including phenoxy) is 1. The summed E-state index contributed by atoms with van der Waals surface area (Å²) in [6, 6.07) is 5.20. The van der Waals surface area contributed by atoms with Crippen molar-refractivity contribution in [2.75, 3.05) is 44.3 Å². The first-order chi connectivity index (χ1) is 13.1. The molecule has 8 heteroatoms. The van der Waals surface area contributed by atoms with Crippen LogP contribution in [0, 0.1) is 6.92 Å². The lowest BCUT2D eigenvalue weighted by atomic mass is 10.0. The van der Waals surface area contributed by atoms with Crippen LogP contribution < -0.4 is 10.5 Å². The van der Waals surface area contributed by atoms with E-state index in [0.29, 0.717) is 50.9 Å². The van der Waals surface area contributed by atoms with Gasteiger partial charge in [0.2, 0.25) is 5.95 Å². The first kappa shape index (κ1) is 17.7. The van der Waals surface area contributed by atoms with E-state index in [1.54, 1.807) is 18.3 Å². The molecule has 1 N–H and O–H groups in total. The van der Waals surface area contributed by atoms with Gasteiger partial charge in [-0.2, -0.15) is 0 Å². The molecular formula is C19H23N5O3. The molecule has 4 rings (SSSR count). The number of pyridine rings is 1. The minimum Gasteiger partial charge on any atom is -0.378 e. The predicted octanol–water partition coefficient (Wildman–Crippen LogP) is 0.940. The van der Waals surface area contributed by atoms with Gasteiger partial charge in [-0.25, -0.2) is 4.98 Å². The summed E-state index contributed by atoms with van der Waals surface area (Å²) in [6.07, 6.45) is 2.41. The summed E-state index contributed by atoms with van der Waals surface area (Å²) in [4.78, 5) is 40.4. The Morgan fingerprint density at radius 2 is 2.07 bits per heavy atom. The Balaban J connectivity index is 1.50. The first-order valence-electron chi connectivity index (χ1n) is 9.26. The molecular weight excluding hydrogens is 346 g/mol. The molecule has 0 bridgehead atoms. The number of aromatic amines is 1. The zero-order valence-electron chi connectivity index (χ0n) is 15.4. The van der Waals surface area contributed by atoms with Gasteiger partial charge in [0, 0.05) is 50.1 Å². The van der Waals surface area contributed by atoms with Crippen LogP contribution in [0.1, 0.15) is 34.1 Å². The van der Waals surface area contributed by atoms with E-state index in [9.17, 15) is 9.59 Å². The number of rotatable bonds is 3. The van der Waals surface area contributed by atoms with Crippen molar-refractivity contribution >= 4 is 11.9 Å². The van der Waals surface area contributed by atoms with E-state index in [0.717, 1.165) is 17.8 Å². The minimum atomic E-state index is -0.158. The monoisotopic (exact) mass is 369 g/mol. The van der Waals surface area contributed by atoms with Crippen molar-refractivity contribution < 1.29 is 9.53 Å². The number of aryl methyl sites for hydroxylation is 1. The molecule has 0 spiro atoms. The lowest BCUT2D eigenvalue weighted by Gasteiger charge is -2.27. The van der Waals surface area contributed by atoms with Gasteiger partial charge in [-0.15, -0.1) is 0 Å². The van der Waals surface area contributed by atoms with Gasteiger partial charge in [-0.1, -0.05) is 0 Å². The van der Waals surface area contributed by atoms with Gasteiger partial charge in [0.25, 0.3) is 11.5 Å². The molecule has 4 heterocycles. The van der Waals surface area contributed by atoms with E-state index in [1.165, 1.54) is 0 Å². The topological polar surface area (TPSA) is 91.4 Å². The van der Waals surface area contributed by atoms with Crippen LogP contribution in [0.25, 0.3) is 0 Å². The predicted molar refractivity (Wildman–Crippen MR) is 100 cm³/mol. The molecule has 0 radical (unpaired) electrons. The molecule has 0 saturated carbocycles. The summed E-state index contributed by atoms with van der Waals surface area (Å²) in [5.41, 5.74) is 2.06. The van der Waals surface area contributed by atoms with Crippen LogP contribution in [0.2, 0.25) is 0 Å². The number of morpholine rings is 1. The highest BCUT2D eigenvalue weighted by Gasteiger charge is 2.30. The molecule has 27 heavy (non-hydrogen) atoms. The van der Waals surface area contributed by atoms with Crippen molar-refractivity contribution in [1.82, 2.24) is 19.9 Å². The maximum atomic E-state index is 12.7. The van der Waals surface area contributed by atoms with Crippen LogP contribution in [0.3, 0.4) is 0 Å². The number of likely N-dealkylation sites (tertiary alicyclic amines) is 1. The van der Waals surface area contributed by atoms with Crippen LogP contribution in [-0.2, 0) is 4.74 Å². The molecule has 2 aliphatic heterocycles. The third-order valence-corrected chi connectivity index (χ3v) is 5.11. The van der Waals surface area contributed by atoms with E-state index in [1.807, 2.05) is 22.8 Å². The number of anilines is 1. The number of hydrogen-bond donors (Lipinski definition) is 1.